The quantitative estimate of drug-likeness (QED) is 0.898. The molecular weight excluding hydrogens is 290 g/mol. The topological polar surface area (TPSA) is 61.4 Å². The Bertz CT molecular complexity index is 518. The van der Waals surface area contributed by atoms with Crippen molar-refractivity contribution in [2.45, 2.75) is 38.8 Å². The third kappa shape index (κ3) is 4.11. The van der Waals surface area contributed by atoms with E-state index in [1.165, 1.54) is 0 Å². The minimum atomic E-state index is -0.222. The molecule has 0 bridgehead atoms. The predicted molar refractivity (Wildman–Crippen MR) is 83.6 cm³/mol. The summed E-state index contributed by atoms with van der Waals surface area (Å²) in [6, 6.07) is 6.84. The Labute approximate surface area is 129 Å². The molecule has 1 aliphatic rings. The molecule has 2 rings (SSSR count). The number of carbonyl (C=O) groups excluding carboxylic acids is 2. The zero-order valence-electron chi connectivity index (χ0n) is 12.2. The molecule has 21 heavy (non-hydrogen) atoms. The molecule has 0 spiro atoms. The molecule has 1 aromatic rings. The van der Waals surface area contributed by atoms with Gasteiger partial charge in [-0.1, -0.05) is 18.5 Å². The third-order valence-electron chi connectivity index (χ3n) is 3.59. The molecule has 5 nitrogen and oxygen atoms in total. The van der Waals surface area contributed by atoms with Gasteiger partial charge < -0.3 is 15.5 Å². The second-order valence-electron chi connectivity index (χ2n) is 5.31. The number of rotatable bonds is 4. The van der Waals surface area contributed by atoms with E-state index in [4.69, 9.17) is 11.6 Å². The highest BCUT2D eigenvalue weighted by Crippen LogP contribution is 2.23. The molecule has 0 aromatic heterocycles. The number of hydrogen-bond acceptors (Lipinski definition) is 2. The van der Waals surface area contributed by atoms with Crippen LogP contribution in [0.1, 0.15) is 26.7 Å². The van der Waals surface area contributed by atoms with E-state index < -0.39 is 0 Å². The van der Waals surface area contributed by atoms with Crippen molar-refractivity contribution in [3.8, 4) is 0 Å². The Kier molecular flexibility index (Phi) is 5.07. The fourth-order valence-corrected chi connectivity index (χ4v) is 2.35. The maximum absolute atomic E-state index is 12.1. The molecule has 1 fully saturated rings. The first-order valence-corrected chi connectivity index (χ1v) is 7.50. The number of nitrogens with one attached hydrogen (secondary N) is 2. The lowest BCUT2D eigenvalue weighted by Crippen LogP contribution is -2.46. The van der Waals surface area contributed by atoms with E-state index in [2.05, 4.69) is 10.6 Å². The highest BCUT2D eigenvalue weighted by atomic mass is 35.5. The van der Waals surface area contributed by atoms with Crippen LogP contribution in [0.5, 0.6) is 0 Å². The van der Waals surface area contributed by atoms with Crippen LogP contribution in [-0.4, -0.2) is 30.6 Å². The highest BCUT2D eigenvalue weighted by Gasteiger charge is 2.31. The first-order chi connectivity index (χ1) is 9.99. The summed E-state index contributed by atoms with van der Waals surface area (Å²) in [5.41, 5.74) is 0.802. The zero-order chi connectivity index (χ0) is 15.4. The second kappa shape index (κ2) is 6.80. The van der Waals surface area contributed by atoms with Crippen LogP contribution >= 0.6 is 11.6 Å². The Hall–Kier alpha value is -1.75. The van der Waals surface area contributed by atoms with Crippen molar-refractivity contribution in [2.75, 3.05) is 11.4 Å². The maximum atomic E-state index is 12.1. The number of halogens is 1. The van der Waals surface area contributed by atoms with Gasteiger partial charge in [-0.2, -0.15) is 0 Å². The van der Waals surface area contributed by atoms with E-state index in [0.717, 1.165) is 12.1 Å². The van der Waals surface area contributed by atoms with Crippen molar-refractivity contribution in [3.05, 3.63) is 29.3 Å². The molecule has 6 heteroatoms. The SMILES string of the molecule is CC[C@H](C)NC(=O)N[C@@H]1CC(=O)N(c2ccc(Cl)cc2)C1. The molecule has 0 radical (unpaired) electrons. The fraction of sp³-hybridized carbons (Fsp3) is 0.467. The van der Waals surface area contributed by atoms with Crippen molar-refractivity contribution in [1.82, 2.24) is 10.6 Å². The number of carbonyl (C=O) groups is 2. The van der Waals surface area contributed by atoms with Crippen molar-refractivity contribution in [1.29, 1.82) is 0 Å². The summed E-state index contributed by atoms with van der Waals surface area (Å²) in [5, 5.41) is 6.32. The van der Waals surface area contributed by atoms with E-state index in [1.54, 1.807) is 17.0 Å². The number of urea groups is 1. The number of amides is 3. The van der Waals surface area contributed by atoms with Crippen LogP contribution in [0.15, 0.2) is 24.3 Å². The van der Waals surface area contributed by atoms with Crippen LogP contribution in [0.3, 0.4) is 0 Å². The van der Waals surface area contributed by atoms with Gasteiger partial charge >= 0.3 is 6.03 Å². The largest absolute Gasteiger partial charge is 0.336 e. The smallest absolute Gasteiger partial charge is 0.315 e. The number of benzene rings is 1. The number of nitrogens with zero attached hydrogens (tertiary/aromatic N) is 1. The summed E-state index contributed by atoms with van der Waals surface area (Å²) >= 11 is 5.85. The fourth-order valence-electron chi connectivity index (χ4n) is 2.23. The van der Waals surface area contributed by atoms with Crippen molar-refractivity contribution in [3.63, 3.8) is 0 Å². The summed E-state index contributed by atoms with van der Waals surface area (Å²) < 4.78 is 0. The minimum Gasteiger partial charge on any atom is -0.336 e. The van der Waals surface area contributed by atoms with Gasteiger partial charge in [0.05, 0.1) is 6.04 Å². The minimum absolute atomic E-state index is 0.00571. The highest BCUT2D eigenvalue weighted by molar-refractivity contribution is 6.30. The van der Waals surface area contributed by atoms with Gasteiger partial charge in [-0.15, -0.1) is 0 Å². The van der Waals surface area contributed by atoms with Crippen molar-refractivity contribution >= 4 is 29.2 Å². The molecular formula is C15H20ClN3O2. The Morgan fingerprint density at radius 3 is 2.71 bits per heavy atom. The van der Waals surface area contributed by atoms with E-state index in [0.29, 0.717) is 18.0 Å². The van der Waals surface area contributed by atoms with E-state index >= 15 is 0 Å². The lowest BCUT2D eigenvalue weighted by atomic mass is 10.2. The second-order valence-corrected chi connectivity index (χ2v) is 5.75. The number of anilines is 1. The summed E-state index contributed by atoms with van der Waals surface area (Å²) in [5.74, 6) is 0.00571. The molecule has 114 valence electrons. The standard InChI is InChI=1S/C15H20ClN3O2/c1-3-10(2)17-15(21)18-12-8-14(20)19(9-12)13-6-4-11(16)5-7-13/h4-7,10,12H,3,8-9H2,1-2H3,(H2,17,18,21)/t10-,12+/m0/s1. The third-order valence-corrected chi connectivity index (χ3v) is 3.84. The molecule has 2 atom stereocenters. The van der Waals surface area contributed by atoms with Crippen LogP contribution in [0.25, 0.3) is 0 Å². The van der Waals surface area contributed by atoms with E-state index in [1.807, 2.05) is 26.0 Å². The number of hydrogen-bond donors (Lipinski definition) is 2. The van der Waals surface area contributed by atoms with Crippen LogP contribution < -0.4 is 15.5 Å². The Morgan fingerprint density at radius 1 is 1.43 bits per heavy atom. The molecule has 2 N–H and O–H groups in total. The average molecular weight is 310 g/mol. The van der Waals surface area contributed by atoms with Gasteiger partial charge in [-0.05, 0) is 37.6 Å². The van der Waals surface area contributed by atoms with Gasteiger partial charge in [0, 0.05) is 29.7 Å². The van der Waals surface area contributed by atoms with Gasteiger partial charge in [0.25, 0.3) is 0 Å². The molecule has 3 amide bonds. The Balaban J connectivity index is 1.93. The summed E-state index contributed by atoms with van der Waals surface area (Å²) in [7, 11) is 0. The first kappa shape index (κ1) is 15.6. The van der Waals surface area contributed by atoms with Crippen LogP contribution in [-0.2, 0) is 4.79 Å². The zero-order valence-corrected chi connectivity index (χ0v) is 13.0. The maximum Gasteiger partial charge on any atom is 0.315 e. The molecule has 0 unspecified atom stereocenters. The van der Waals surface area contributed by atoms with E-state index in [-0.39, 0.29) is 24.0 Å². The van der Waals surface area contributed by atoms with Gasteiger partial charge in [0.2, 0.25) is 5.91 Å². The van der Waals surface area contributed by atoms with Gasteiger partial charge in [0.1, 0.15) is 0 Å². The summed E-state index contributed by atoms with van der Waals surface area (Å²) in [6.45, 7) is 4.43. The summed E-state index contributed by atoms with van der Waals surface area (Å²) in [4.78, 5) is 25.5. The molecule has 0 aliphatic carbocycles. The lowest BCUT2D eigenvalue weighted by Gasteiger charge is -2.18. The average Bonchev–Trinajstić information content (AvgIpc) is 2.80. The molecule has 1 saturated heterocycles. The normalized spacial score (nSPS) is 19.5. The van der Waals surface area contributed by atoms with Crippen molar-refractivity contribution in [2.24, 2.45) is 0 Å². The van der Waals surface area contributed by atoms with Crippen LogP contribution in [0.4, 0.5) is 10.5 Å². The van der Waals surface area contributed by atoms with Gasteiger partial charge in [0.15, 0.2) is 0 Å². The van der Waals surface area contributed by atoms with Gasteiger partial charge in [-0.25, -0.2) is 4.79 Å². The summed E-state index contributed by atoms with van der Waals surface area (Å²) in [6.07, 6.45) is 1.18. The molecule has 1 aliphatic heterocycles. The molecule has 1 heterocycles. The van der Waals surface area contributed by atoms with Crippen LogP contribution in [0, 0.1) is 0 Å². The molecule has 1 aromatic carbocycles. The van der Waals surface area contributed by atoms with Crippen molar-refractivity contribution < 1.29 is 9.59 Å². The first-order valence-electron chi connectivity index (χ1n) is 7.12. The van der Waals surface area contributed by atoms with Gasteiger partial charge in [-0.3, -0.25) is 4.79 Å². The molecule has 0 saturated carbocycles. The van der Waals surface area contributed by atoms with Crippen LogP contribution in [0.2, 0.25) is 5.02 Å². The Morgan fingerprint density at radius 2 is 2.10 bits per heavy atom. The predicted octanol–water partition coefficient (Wildman–Crippen LogP) is 2.54. The lowest BCUT2D eigenvalue weighted by molar-refractivity contribution is -0.117. The monoisotopic (exact) mass is 309 g/mol. The van der Waals surface area contributed by atoms with E-state index in [9.17, 15) is 9.59 Å².